The lowest BCUT2D eigenvalue weighted by molar-refractivity contribution is -0.117. The molecule has 0 fully saturated rings. The molecule has 29 heavy (non-hydrogen) atoms. The molecular formula is C22H32N6O. The number of amidine groups is 1. The molecule has 2 aromatic rings. The zero-order valence-corrected chi connectivity index (χ0v) is 17.4. The van der Waals surface area contributed by atoms with Gasteiger partial charge in [-0.3, -0.25) is 10.2 Å². The maximum absolute atomic E-state index is 11.7. The third-order valence-electron chi connectivity index (χ3n) is 4.56. The van der Waals surface area contributed by atoms with Gasteiger partial charge in [-0.15, -0.1) is 0 Å². The first kappa shape index (κ1) is 22.5. The Hall–Kier alpha value is -2.80. The Kier molecular flexibility index (Phi) is 9.24. The predicted octanol–water partition coefficient (Wildman–Crippen LogP) is 3.12. The van der Waals surface area contributed by atoms with Crippen LogP contribution in [0.3, 0.4) is 0 Å². The molecule has 0 spiro atoms. The molecule has 0 saturated carbocycles. The summed E-state index contributed by atoms with van der Waals surface area (Å²) >= 11 is 0. The first-order chi connectivity index (χ1) is 13.9. The second-order valence-electron chi connectivity index (χ2n) is 7.53. The molecule has 0 aliphatic heterocycles. The largest absolute Gasteiger partial charge is 0.387 e. The summed E-state index contributed by atoms with van der Waals surface area (Å²) in [7, 11) is 4.19. The highest BCUT2D eigenvalue weighted by atomic mass is 16.1. The summed E-state index contributed by atoms with van der Waals surface area (Å²) in [5.74, 6) is 0.555. The van der Waals surface area contributed by atoms with Crippen LogP contribution in [-0.2, 0) is 11.2 Å². The SMILES string of the molecule is CN(C)CCCCCNc1ncc(-c2cccc(CCC(=O)CC(=N)N)c2)cn1. The average molecular weight is 397 g/mol. The van der Waals surface area contributed by atoms with Crippen LogP contribution in [0, 0.1) is 5.41 Å². The van der Waals surface area contributed by atoms with Crippen LogP contribution in [0.1, 0.15) is 37.7 Å². The van der Waals surface area contributed by atoms with Gasteiger partial charge < -0.3 is 16.0 Å². The maximum atomic E-state index is 11.7. The number of carbonyl (C=O) groups excluding carboxylic acids is 1. The average Bonchev–Trinajstić information content (AvgIpc) is 2.69. The van der Waals surface area contributed by atoms with E-state index in [2.05, 4.69) is 40.3 Å². The van der Waals surface area contributed by atoms with Gasteiger partial charge in [-0.25, -0.2) is 9.97 Å². The smallest absolute Gasteiger partial charge is 0.222 e. The Labute approximate surface area is 173 Å². The standard InChI is InChI=1S/C22H32N6O/c1-28(2)12-5-3-4-11-25-22-26-15-19(16-27-22)18-8-6-7-17(13-18)9-10-20(29)14-21(23)24/h6-8,13,15-16H,3-5,9-12,14H2,1-2H3,(H3,23,24)(H,25,26,27). The van der Waals surface area contributed by atoms with Crippen LogP contribution in [0.5, 0.6) is 0 Å². The molecule has 1 aromatic heterocycles. The molecule has 0 amide bonds. The summed E-state index contributed by atoms with van der Waals surface area (Å²) < 4.78 is 0. The van der Waals surface area contributed by atoms with Gasteiger partial charge in [-0.2, -0.15) is 0 Å². The van der Waals surface area contributed by atoms with E-state index < -0.39 is 0 Å². The van der Waals surface area contributed by atoms with Gasteiger partial charge in [0.25, 0.3) is 0 Å². The Morgan fingerprint density at radius 2 is 1.90 bits per heavy atom. The summed E-state index contributed by atoms with van der Waals surface area (Å²) in [6.07, 6.45) is 8.17. The van der Waals surface area contributed by atoms with Crippen LogP contribution in [0.2, 0.25) is 0 Å². The molecule has 4 N–H and O–H groups in total. The highest BCUT2D eigenvalue weighted by Gasteiger charge is 2.06. The molecule has 1 heterocycles. The summed E-state index contributed by atoms with van der Waals surface area (Å²) in [5, 5.41) is 10.5. The number of rotatable bonds is 13. The zero-order valence-electron chi connectivity index (χ0n) is 17.4. The molecule has 0 atom stereocenters. The lowest BCUT2D eigenvalue weighted by atomic mass is 10.0. The monoisotopic (exact) mass is 396 g/mol. The number of ketones is 1. The number of hydrogen-bond donors (Lipinski definition) is 3. The molecule has 0 radical (unpaired) electrons. The summed E-state index contributed by atoms with van der Waals surface area (Å²) in [6, 6.07) is 8.03. The van der Waals surface area contributed by atoms with Crippen LogP contribution >= 0.6 is 0 Å². The fraction of sp³-hybridized carbons (Fsp3) is 0.455. The van der Waals surface area contributed by atoms with Gasteiger partial charge in [0, 0.05) is 30.9 Å². The van der Waals surface area contributed by atoms with Crippen molar-refractivity contribution in [3.63, 3.8) is 0 Å². The number of anilines is 1. The Morgan fingerprint density at radius 3 is 2.59 bits per heavy atom. The van der Waals surface area contributed by atoms with Crippen molar-refractivity contribution in [2.24, 2.45) is 5.73 Å². The molecule has 0 saturated heterocycles. The first-order valence-electron chi connectivity index (χ1n) is 10.1. The van der Waals surface area contributed by atoms with Crippen LogP contribution < -0.4 is 11.1 Å². The molecule has 0 bridgehead atoms. The molecule has 0 aliphatic rings. The van der Waals surface area contributed by atoms with E-state index in [9.17, 15) is 4.79 Å². The van der Waals surface area contributed by atoms with E-state index in [1.165, 1.54) is 12.8 Å². The number of nitrogens with zero attached hydrogens (tertiary/aromatic N) is 3. The fourth-order valence-electron chi connectivity index (χ4n) is 2.99. The van der Waals surface area contributed by atoms with Gasteiger partial charge in [0.2, 0.25) is 5.95 Å². The molecule has 7 heteroatoms. The van der Waals surface area contributed by atoms with Gasteiger partial charge in [0.05, 0.1) is 12.3 Å². The van der Waals surface area contributed by atoms with Crippen molar-refractivity contribution >= 4 is 17.6 Å². The normalized spacial score (nSPS) is 10.9. The minimum atomic E-state index is -0.0804. The number of nitrogens with one attached hydrogen (secondary N) is 2. The number of aryl methyl sites for hydroxylation is 1. The van der Waals surface area contributed by atoms with Crippen molar-refractivity contribution in [2.45, 2.75) is 38.5 Å². The quantitative estimate of drug-likeness (QED) is 0.273. The second kappa shape index (κ2) is 11.9. The third-order valence-corrected chi connectivity index (χ3v) is 4.56. The number of aromatic nitrogens is 2. The van der Waals surface area contributed by atoms with Crippen molar-refractivity contribution in [1.82, 2.24) is 14.9 Å². The molecule has 1 aromatic carbocycles. The molecule has 0 unspecified atom stereocenters. The van der Waals surface area contributed by atoms with Gasteiger partial charge in [0.1, 0.15) is 5.78 Å². The van der Waals surface area contributed by atoms with E-state index in [1.54, 1.807) is 0 Å². The van der Waals surface area contributed by atoms with Gasteiger partial charge in [-0.1, -0.05) is 30.7 Å². The minimum Gasteiger partial charge on any atom is -0.387 e. The van der Waals surface area contributed by atoms with Gasteiger partial charge in [-0.05, 0) is 51.0 Å². The van der Waals surface area contributed by atoms with E-state index in [0.717, 1.165) is 36.2 Å². The van der Waals surface area contributed by atoms with Crippen molar-refractivity contribution < 1.29 is 4.79 Å². The molecule has 7 nitrogen and oxygen atoms in total. The van der Waals surface area contributed by atoms with Crippen LogP contribution in [-0.4, -0.2) is 53.7 Å². The van der Waals surface area contributed by atoms with Crippen LogP contribution in [0.4, 0.5) is 5.95 Å². The minimum absolute atomic E-state index is 0.0108. The number of carbonyl (C=O) groups is 1. The number of Topliss-reactive ketones (excluding diaryl/α,β-unsaturated/α-hetero) is 1. The fourth-order valence-corrected chi connectivity index (χ4v) is 2.99. The lowest BCUT2D eigenvalue weighted by Gasteiger charge is -2.09. The Morgan fingerprint density at radius 1 is 1.14 bits per heavy atom. The number of benzene rings is 1. The number of hydrogen-bond acceptors (Lipinski definition) is 6. The van der Waals surface area contributed by atoms with E-state index in [4.69, 9.17) is 11.1 Å². The van der Waals surface area contributed by atoms with Crippen molar-refractivity contribution in [3.8, 4) is 11.1 Å². The first-order valence-corrected chi connectivity index (χ1v) is 10.1. The highest BCUT2D eigenvalue weighted by Crippen LogP contribution is 2.20. The van der Waals surface area contributed by atoms with E-state index in [0.29, 0.717) is 18.8 Å². The molecule has 2 rings (SSSR count). The van der Waals surface area contributed by atoms with E-state index in [1.807, 2.05) is 30.6 Å². The van der Waals surface area contributed by atoms with Crippen molar-refractivity contribution in [1.29, 1.82) is 5.41 Å². The molecule has 156 valence electrons. The van der Waals surface area contributed by atoms with Crippen LogP contribution in [0.15, 0.2) is 36.7 Å². The Bertz CT molecular complexity index is 788. The summed E-state index contributed by atoms with van der Waals surface area (Å²) in [6.45, 7) is 1.99. The van der Waals surface area contributed by atoms with E-state index in [-0.39, 0.29) is 18.0 Å². The zero-order chi connectivity index (χ0) is 21.1. The van der Waals surface area contributed by atoms with Crippen molar-refractivity contribution in [2.75, 3.05) is 32.5 Å². The number of unbranched alkanes of at least 4 members (excludes halogenated alkanes) is 2. The lowest BCUT2D eigenvalue weighted by Crippen LogP contribution is -2.15. The number of nitrogens with two attached hydrogens (primary N) is 1. The van der Waals surface area contributed by atoms with Gasteiger partial charge >= 0.3 is 0 Å². The summed E-state index contributed by atoms with van der Waals surface area (Å²) in [5.41, 5.74) is 8.32. The predicted molar refractivity (Wildman–Crippen MR) is 118 cm³/mol. The molecular weight excluding hydrogens is 364 g/mol. The third kappa shape index (κ3) is 8.83. The van der Waals surface area contributed by atoms with Crippen LogP contribution in [0.25, 0.3) is 11.1 Å². The Balaban J connectivity index is 1.83. The van der Waals surface area contributed by atoms with E-state index >= 15 is 0 Å². The van der Waals surface area contributed by atoms with Crippen molar-refractivity contribution in [3.05, 3.63) is 42.2 Å². The second-order valence-corrected chi connectivity index (χ2v) is 7.53. The highest BCUT2D eigenvalue weighted by molar-refractivity contribution is 5.98. The summed E-state index contributed by atoms with van der Waals surface area (Å²) in [4.78, 5) is 22.8. The maximum Gasteiger partial charge on any atom is 0.222 e. The molecule has 0 aliphatic carbocycles. The topological polar surface area (TPSA) is 108 Å². The van der Waals surface area contributed by atoms with Gasteiger partial charge in [0.15, 0.2) is 0 Å².